The van der Waals surface area contributed by atoms with E-state index in [0.29, 0.717) is 5.56 Å². The van der Waals surface area contributed by atoms with Gasteiger partial charge in [-0.25, -0.2) is 4.39 Å². The second kappa shape index (κ2) is 4.97. The Balaban J connectivity index is 2.07. The fourth-order valence-electron chi connectivity index (χ4n) is 2.76. The molecule has 0 aromatic heterocycles. The third kappa shape index (κ3) is 2.21. The van der Waals surface area contributed by atoms with Crippen molar-refractivity contribution < 1.29 is 14.3 Å². The van der Waals surface area contributed by atoms with Crippen LogP contribution >= 0.6 is 0 Å². The molecule has 0 radical (unpaired) electrons. The highest BCUT2D eigenvalue weighted by atomic mass is 19.1. The van der Waals surface area contributed by atoms with Gasteiger partial charge in [0.25, 0.3) is 0 Å². The van der Waals surface area contributed by atoms with Gasteiger partial charge in [-0.05, 0) is 42.7 Å². The van der Waals surface area contributed by atoms with Gasteiger partial charge in [0.05, 0.1) is 5.92 Å². The van der Waals surface area contributed by atoms with Gasteiger partial charge in [-0.2, -0.15) is 0 Å². The topological polar surface area (TPSA) is 49.3 Å². The summed E-state index contributed by atoms with van der Waals surface area (Å²) in [6, 6.07) is 9.73. The van der Waals surface area contributed by atoms with Gasteiger partial charge in [-0.3, -0.25) is 4.79 Å². The van der Waals surface area contributed by atoms with Crippen LogP contribution in [0.3, 0.4) is 0 Å². The van der Waals surface area contributed by atoms with E-state index in [-0.39, 0.29) is 17.4 Å². The molecule has 0 aliphatic carbocycles. The number of amides is 1. The molecular formula is C17H16FNO2. The first kappa shape index (κ1) is 13.8. The monoisotopic (exact) mass is 285 g/mol. The number of benzene rings is 2. The number of anilines is 1. The van der Waals surface area contributed by atoms with Crippen LogP contribution in [0, 0.1) is 12.7 Å². The van der Waals surface area contributed by atoms with Crippen LogP contribution in [0.15, 0.2) is 36.4 Å². The Morgan fingerprint density at radius 2 is 2.00 bits per heavy atom. The number of hydrogen-bond donors (Lipinski definition) is 2. The Morgan fingerprint density at radius 1 is 1.29 bits per heavy atom. The Hall–Kier alpha value is -2.20. The molecule has 2 aromatic rings. The number of halogens is 1. The fraction of sp³-hybridized carbons (Fsp3) is 0.235. The molecule has 2 unspecified atom stereocenters. The van der Waals surface area contributed by atoms with E-state index in [4.69, 9.17) is 0 Å². The van der Waals surface area contributed by atoms with Crippen LogP contribution in [-0.4, -0.2) is 11.0 Å². The van der Waals surface area contributed by atoms with Crippen LogP contribution < -0.4 is 5.32 Å². The first-order valence-corrected chi connectivity index (χ1v) is 6.87. The molecule has 108 valence electrons. The molecule has 0 bridgehead atoms. The van der Waals surface area contributed by atoms with Gasteiger partial charge in [0.1, 0.15) is 11.9 Å². The summed E-state index contributed by atoms with van der Waals surface area (Å²) >= 11 is 0. The number of hydrogen-bond acceptors (Lipinski definition) is 2. The van der Waals surface area contributed by atoms with E-state index < -0.39 is 11.9 Å². The number of rotatable bonds is 2. The molecule has 0 spiro atoms. The number of fused-ring (bicyclic) bond motifs is 1. The van der Waals surface area contributed by atoms with E-state index in [9.17, 15) is 14.3 Å². The van der Waals surface area contributed by atoms with Gasteiger partial charge in [-0.1, -0.05) is 24.3 Å². The number of aliphatic hydroxyl groups is 1. The fourth-order valence-corrected chi connectivity index (χ4v) is 2.76. The van der Waals surface area contributed by atoms with Gasteiger partial charge >= 0.3 is 0 Å². The van der Waals surface area contributed by atoms with E-state index >= 15 is 0 Å². The van der Waals surface area contributed by atoms with E-state index in [0.717, 1.165) is 16.8 Å². The Morgan fingerprint density at radius 3 is 2.71 bits per heavy atom. The van der Waals surface area contributed by atoms with E-state index in [2.05, 4.69) is 5.32 Å². The summed E-state index contributed by atoms with van der Waals surface area (Å²) in [5, 5.41) is 13.3. The molecule has 0 saturated heterocycles. The van der Waals surface area contributed by atoms with Crippen molar-refractivity contribution in [1.29, 1.82) is 0 Å². The lowest BCUT2D eigenvalue weighted by molar-refractivity contribution is -0.116. The molecule has 1 heterocycles. The molecule has 21 heavy (non-hydrogen) atoms. The Kier molecular flexibility index (Phi) is 3.26. The lowest BCUT2D eigenvalue weighted by Crippen LogP contribution is -2.08. The van der Waals surface area contributed by atoms with Crippen molar-refractivity contribution in [2.75, 3.05) is 5.32 Å². The van der Waals surface area contributed by atoms with Crippen molar-refractivity contribution in [2.45, 2.75) is 25.9 Å². The van der Waals surface area contributed by atoms with Crippen molar-refractivity contribution in [3.8, 4) is 0 Å². The largest absolute Gasteiger partial charge is 0.384 e. The van der Waals surface area contributed by atoms with Crippen molar-refractivity contribution in [3.63, 3.8) is 0 Å². The molecular weight excluding hydrogens is 269 g/mol. The molecule has 0 saturated carbocycles. The van der Waals surface area contributed by atoms with Gasteiger partial charge in [0.2, 0.25) is 5.91 Å². The van der Waals surface area contributed by atoms with Crippen LogP contribution in [0.25, 0.3) is 0 Å². The van der Waals surface area contributed by atoms with Crippen molar-refractivity contribution in [2.24, 2.45) is 0 Å². The third-order valence-electron chi connectivity index (χ3n) is 4.01. The minimum Gasteiger partial charge on any atom is -0.384 e. The molecule has 2 aromatic carbocycles. The molecule has 1 aliphatic rings. The summed E-state index contributed by atoms with van der Waals surface area (Å²) in [6.07, 6.45) is -1.04. The summed E-state index contributed by atoms with van der Waals surface area (Å²) in [5.41, 5.74) is 3.36. The zero-order valence-corrected chi connectivity index (χ0v) is 11.9. The third-order valence-corrected chi connectivity index (χ3v) is 4.01. The van der Waals surface area contributed by atoms with Crippen LogP contribution in [0.4, 0.5) is 10.1 Å². The first-order chi connectivity index (χ1) is 9.99. The second-order valence-corrected chi connectivity index (χ2v) is 5.44. The number of nitrogens with one attached hydrogen (secondary N) is 1. The summed E-state index contributed by atoms with van der Waals surface area (Å²) in [5.74, 6) is -0.748. The summed E-state index contributed by atoms with van der Waals surface area (Å²) in [7, 11) is 0. The zero-order valence-electron chi connectivity index (χ0n) is 11.9. The molecule has 2 N–H and O–H groups in total. The van der Waals surface area contributed by atoms with Crippen molar-refractivity contribution >= 4 is 11.6 Å². The second-order valence-electron chi connectivity index (χ2n) is 5.44. The maximum absolute atomic E-state index is 13.8. The predicted octanol–water partition coefficient (Wildman–Crippen LogP) is 3.27. The average Bonchev–Trinajstić information content (AvgIpc) is 2.75. The van der Waals surface area contributed by atoms with E-state index in [1.54, 1.807) is 30.3 Å². The lowest BCUT2D eigenvalue weighted by Gasteiger charge is -2.15. The van der Waals surface area contributed by atoms with Crippen molar-refractivity contribution in [3.05, 3.63) is 64.5 Å². The highest BCUT2D eigenvalue weighted by Crippen LogP contribution is 2.38. The van der Waals surface area contributed by atoms with Crippen LogP contribution in [-0.2, 0) is 4.79 Å². The quantitative estimate of drug-likeness (QED) is 0.889. The predicted molar refractivity (Wildman–Crippen MR) is 78.7 cm³/mol. The maximum atomic E-state index is 13.8. The van der Waals surface area contributed by atoms with Gasteiger partial charge in [-0.15, -0.1) is 0 Å². The smallest absolute Gasteiger partial charge is 0.231 e. The number of carbonyl (C=O) groups is 1. The van der Waals surface area contributed by atoms with Crippen LogP contribution in [0.2, 0.25) is 0 Å². The van der Waals surface area contributed by atoms with E-state index in [1.165, 1.54) is 6.07 Å². The van der Waals surface area contributed by atoms with Crippen molar-refractivity contribution in [1.82, 2.24) is 0 Å². The summed E-state index contributed by atoms with van der Waals surface area (Å²) < 4.78 is 13.8. The Bertz CT molecular complexity index is 727. The molecule has 4 heteroatoms. The van der Waals surface area contributed by atoms with Crippen LogP contribution in [0.1, 0.15) is 41.2 Å². The Labute approximate surface area is 122 Å². The van der Waals surface area contributed by atoms with Gasteiger partial charge in [0, 0.05) is 11.3 Å². The molecule has 1 aliphatic heterocycles. The van der Waals surface area contributed by atoms with Crippen LogP contribution in [0.5, 0.6) is 0 Å². The van der Waals surface area contributed by atoms with Gasteiger partial charge < -0.3 is 10.4 Å². The SMILES string of the molecule is Cc1cc(C(O)c2ccccc2F)cc2c1NC(=O)C2C. The summed E-state index contributed by atoms with van der Waals surface area (Å²) in [6.45, 7) is 3.69. The first-order valence-electron chi connectivity index (χ1n) is 6.87. The maximum Gasteiger partial charge on any atom is 0.231 e. The highest BCUT2D eigenvalue weighted by molar-refractivity contribution is 6.03. The number of aliphatic hydroxyl groups excluding tert-OH is 1. The van der Waals surface area contributed by atoms with Gasteiger partial charge in [0.15, 0.2) is 0 Å². The average molecular weight is 285 g/mol. The molecule has 1 amide bonds. The summed E-state index contributed by atoms with van der Waals surface area (Å²) in [4.78, 5) is 11.8. The van der Waals surface area contributed by atoms with E-state index in [1.807, 2.05) is 13.8 Å². The zero-order chi connectivity index (χ0) is 15.1. The standard InChI is InChI=1S/C17H16FNO2/c1-9-7-11(8-13-10(2)17(21)19-15(9)13)16(20)12-5-3-4-6-14(12)18/h3-8,10,16,20H,1-2H3,(H,19,21). The highest BCUT2D eigenvalue weighted by Gasteiger charge is 2.29. The normalized spacial score (nSPS) is 18.3. The molecule has 3 nitrogen and oxygen atoms in total. The molecule has 3 rings (SSSR count). The lowest BCUT2D eigenvalue weighted by atomic mass is 9.93. The number of carbonyl (C=O) groups excluding carboxylic acids is 1. The minimum atomic E-state index is -1.04. The number of aryl methyl sites for hydroxylation is 1. The minimum absolute atomic E-state index is 0.0503. The molecule has 2 atom stereocenters. The molecule has 0 fully saturated rings.